The number of fused-ring (bicyclic) bond motifs is 1. The van der Waals surface area contributed by atoms with Crippen LogP contribution in [0, 0.1) is 17.8 Å². The van der Waals surface area contributed by atoms with Crippen LogP contribution in [0.25, 0.3) is 0 Å². The van der Waals surface area contributed by atoms with Crippen LogP contribution < -0.4 is 5.32 Å². The molecule has 2 fully saturated rings. The fourth-order valence-electron chi connectivity index (χ4n) is 3.16. The smallest absolute Gasteiger partial charge is 0.233 e. The molecule has 3 atom stereocenters. The van der Waals surface area contributed by atoms with Gasteiger partial charge in [0.1, 0.15) is 0 Å². The molecule has 1 saturated carbocycles. The summed E-state index contributed by atoms with van der Waals surface area (Å²) in [6, 6.07) is 0.102. The van der Waals surface area contributed by atoms with E-state index in [1.807, 2.05) is 20.8 Å². The van der Waals surface area contributed by atoms with Gasteiger partial charge in [-0.05, 0) is 25.7 Å². The van der Waals surface area contributed by atoms with Crippen molar-refractivity contribution in [1.29, 1.82) is 0 Å². The number of hydrogen-bond donors (Lipinski definition) is 1. The van der Waals surface area contributed by atoms with Gasteiger partial charge < -0.3 is 5.32 Å². The molecule has 118 valence electrons. The number of nitrogens with one attached hydrogen (secondary N) is 1. The third-order valence-electron chi connectivity index (χ3n) is 4.88. The Kier molecular flexibility index (Phi) is 5.01. The normalized spacial score (nSPS) is 27.0. The third kappa shape index (κ3) is 3.44. The summed E-state index contributed by atoms with van der Waals surface area (Å²) in [4.78, 5) is 37.7. The Labute approximate surface area is 126 Å². The van der Waals surface area contributed by atoms with Crippen LogP contribution in [0.3, 0.4) is 0 Å². The summed E-state index contributed by atoms with van der Waals surface area (Å²) in [7, 11) is 0. The summed E-state index contributed by atoms with van der Waals surface area (Å²) in [5.41, 5.74) is 0. The molecule has 5 heteroatoms. The highest BCUT2D eigenvalue weighted by Crippen LogP contribution is 2.37. The Morgan fingerprint density at radius 3 is 2.14 bits per heavy atom. The van der Waals surface area contributed by atoms with E-state index in [1.165, 1.54) is 4.90 Å². The van der Waals surface area contributed by atoms with E-state index in [4.69, 9.17) is 0 Å². The topological polar surface area (TPSA) is 66.5 Å². The molecule has 1 aliphatic carbocycles. The van der Waals surface area contributed by atoms with Gasteiger partial charge in [0.25, 0.3) is 0 Å². The van der Waals surface area contributed by atoms with E-state index in [0.717, 1.165) is 25.7 Å². The quantitative estimate of drug-likeness (QED) is 0.785. The van der Waals surface area contributed by atoms with E-state index in [1.54, 1.807) is 0 Å². The number of likely N-dealkylation sites (tertiary alicyclic amines) is 1. The van der Waals surface area contributed by atoms with E-state index >= 15 is 0 Å². The Hall–Kier alpha value is -1.39. The highest BCUT2D eigenvalue weighted by Gasteiger charge is 2.47. The lowest BCUT2D eigenvalue weighted by Gasteiger charge is -2.19. The highest BCUT2D eigenvalue weighted by atomic mass is 16.2. The largest absolute Gasteiger partial charge is 0.353 e. The third-order valence-corrected chi connectivity index (χ3v) is 4.88. The summed E-state index contributed by atoms with van der Waals surface area (Å²) in [6.45, 7) is 6.27. The molecular weight excluding hydrogens is 268 g/mol. The molecule has 3 unspecified atom stereocenters. The van der Waals surface area contributed by atoms with E-state index in [9.17, 15) is 14.4 Å². The zero-order valence-electron chi connectivity index (χ0n) is 13.2. The lowest BCUT2D eigenvalue weighted by Crippen LogP contribution is -2.39. The van der Waals surface area contributed by atoms with Crippen LogP contribution in [-0.4, -0.2) is 35.2 Å². The Bertz CT molecular complexity index is 409. The molecular formula is C16H26N2O3. The van der Waals surface area contributed by atoms with Crippen molar-refractivity contribution in [3.05, 3.63) is 0 Å². The van der Waals surface area contributed by atoms with Crippen LogP contribution in [0.4, 0.5) is 0 Å². The van der Waals surface area contributed by atoms with E-state index < -0.39 is 0 Å². The lowest BCUT2D eigenvalue weighted by atomic mass is 9.81. The van der Waals surface area contributed by atoms with Crippen LogP contribution in [0.15, 0.2) is 0 Å². The zero-order valence-corrected chi connectivity index (χ0v) is 13.2. The van der Waals surface area contributed by atoms with Gasteiger partial charge in [0.05, 0.1) is 11.8 Å². The molecule has 5 nitrogen and oxygen atoms in total. The van der Waals surface area contributed by atoms with Crippen LogP contribution in [-0.2, 0) is 14.4 Å². The van der Waals surface area contributed by atoms with Gasteiger partial charge in [-0.15, -0.1) is 0 Å². The summed E-state index contributed by atoms with van der Waals surface area (Å²) in [5.74, 6) is -0.0878. The van der Waals surface area contributed by atoms with E-state index in [0.29, 0.717) is 5.92 Å². The van der Waals surface area contributed by atoms with Crippen molar-refractivity contribution in [1.82, 2.24) is 10.2 Å². The number of carbonyl (C=O) groups is 3. The molecule has 0 spiro atoms. The first-order valence-electron chi connectivity index (χ1n) is 8.06. The van der Waals surface area contributed by atoms with Crippen molar-refractivity contribution in [2.75, 3.05) is 6.54 Å². The zero-order chi connectivity index (χ0) is 15.6. The molecule has 1 aliphatic heterocycles. The van der Waals surface area contributed by atoms with Crippen molar-refractivity contribution in [3.8, 4) is 0 Å². The fourth-order valence-corrected chi connectivity index (χ4v) is 3.16. The fraction of sp³-hybridized carbons (Fsp3) is 0.812. The Morgan fingerprint density at radius 2 is 1.67 bits per heavy atom. The maximum Gasteiger partial charge on any atom is 0.233 e. The molecule has 0 radical (unpaired) electrons. The molecule has 3 amide bonds. The van der Waals surface area contributed by atoms with Gasteiger partial charge in [-0.3, -0.25) is 19.3 Å². The van der Waals surface area contributed by atoms with Crippen LogP contribution >= 0.6 is 0 Å². The van der Waals surface area contributed by atoms with Crippen molar-refractivity contribution in [3.63, 3.8) is 0 Å². The first-order valence-corrected chi connectivity index (χ1v) is 8.06. The molecule has 1 saturated heterocycles. The lowest BCUT2D eigenvalue weighted by molar-refractivity contribution is -0.140. The SMILES string of the molecule is CC(C)C(C)NC(=O)CCN1C(=O)C2CCCCC2C1=O. The number of amides is 3. The summed E-state index contributed by atoms with van der Waals surface area (Å²) in [6.07, 6.45) is 3.90. The summed E-state index contributed by atoms with van der Waals surface area (Å²) in [5, 5.41) is 2.91. The highest BCUT2D eigenvalue weighted by molar-refractivity contribution is 6.05. The minimum absolute atomic E-state index is 0.0607. The van der Waals surface area contributed by atoms with Gasteiger partial charge in [0.15, 0.2) is 0 Å². The van der Waals surface area contributed by atoms with Crippen LogP contribution in [0.1, 0.15) is 52.9 Å². The molecule has 0 aromatic rings. The Morgan fingerprint density at radius 1 is 1.14 bits per heavy atom. The van der Waals surface area contributed by atoms with Gasteiger partial charge in [0, 0.05) is 19.0 Å². The second-order valence-corrected chi connectivity index (χ2v) is 6.68. The second-order valence-electron chi connectivity index (χ2n) is 6.68. The standard InChI is InChI=1S/C16H26N2O3/c1-10(2)11(3)17-14(19)8-9-18-15(20)12-6-4-5-7-13(12)16(18)21/h10-13H,4-9H2,1-3H3,(H,17,19). The molecule has 2 aliphatic rings. The first kappa shape index (κ1) is 16.0. The average Bonchev–Trinajstić information content (AvgIpc) is 2.69. The number of nitrogens with zero attached hydrogens (tertiary/aromatic N) is 1. The summed E-state index contributed by atoms with van der Waals surface area (Å²) < 4.78 is 0. The summed E-state index contributed by atoms with van der Waals surface area (Å²) >= 11 is 0. The monoisotopic (exact) mass is 294 g/mol. The average molecular weight is 294 g/mol. The predicted molar refractivity (Wildman–Crippen MR) is 79.2 cm³/mol. The molecule has 0 aromatic carbocycles. The van der Waals surface area contributed by atoms with Crippen molar-refractivity contribution in [2.45, 2.75) is 58.9 Å². The second kappa shape index (κ2) is 6.58. The van der Waals surface area contributed by atoms with Gasteiger partial charge >= 0.3 is 0 Å². The number of hydrogen-bond acceptors (Lipinski definition) is 3. The van der Waals surface area contributed by atoms with Crippen molar-refractivity contribution < 1.29 is 14.4 Å². The maximum absolute atomic E-state index is 12.3. The Balaban J connectivity index is 1.87. The van der Waals surface area contributed by atoms with Crippen LogP contribution in [0.5, 0.6) is 0 Å². The van der Waals surface area contributed by atoms with E-state index in [2.05, 4.69) is 5.32 Å². The molecule has 1 N–H and O–H groups in total. The molecule has 0 bridgehead atoms. The number of rotatable bonds is 5. The molecule has 1 heterocycles. The van der Waals surface area contributed by atoms with Crippen molar-refractivity contribution >= 4 is 17.7 Å². The predicted octanol–water partition coefficient (Wildman–Crippen LogP) is 1.71. The van der Waals surface area contributed by atoms with Gasteiger partial charge in [-0.25, -0.2) is 0 Å². The van der Waals surface area contributed by atoms with Gasteiger partial charge in [-0.1, -0.05) is 26.7 Å². The number of imide groups is 1. The molecule has 2 rings (SSSR count). The first-order chi connectivity index (χ1) is 9.91. The van der Waals surface area contributed by atoms with E-state index in [-0.39, 0.29) is 48.6 Å². The molecule has 0 aromatic heterocycles. The van der Waals surface area contributed by atoms with Crippen molar-refractivity contribution in [2.24, 2.45) is 17.8 Å². The van der Waals surface area contributed by atoms with Gasteiger partial charge in [0.2, 0.25) is 17.7 Å². The maximum atomic E-state index is 12.3. The minimum atomic E-state index is -0.121. The minimum Gasteiger partial charge on any atom is -0.353 e. The number of carbonyl (C=O) groups excluding carboxylic acids is 3. The molecule has 21 heavy (non-hydrogen) atoms. The van der Waals surface area contributed by atoms with Crippen LogP contribution in [0.2, 0.25) is 0 Å². The van der Waals surface area contributed by atoms with Gasteiger partial charge in [-0.2, -0.15) is 0 Å².